The van der Waals surface area contributed by atoms with Crippen molar-refractivity contribution in [3.8, 4) is 28.5 Å². The first-order chi connectivity index (χ1) is 16.2. The third kappa shape index (κ3) is 3.72. The van der Waals surface area contributed by atoms with E-state index in [2.05, 4.69) is 19.8 Å². The number of amides is 1. The van der Waals surface area contributed by atoms with Crippen LogP contribution in [-0.4, -0.2) is 30.6 Å². The van der Waals surface area contributed by atoms with E-state index in [0.29, 0.717) is 47.5 Å². The SMILES string of the molecule is COc1cc(-c2nc(NC(=O)C3(c4ccc5c(c4)OC(F)(F)O5)CC3)ccc2C)ccc1C=O. The minimum absolute atomic E-state index is 0.0640. The molecule has 3 aromatic rings. The van der Waals surface area contributed by atoms with Gasteiger partial charge in [0.2, 0.25) is 5.91 Å². The van der Waals surface area contributed by atoms with Crippen molar-refractivity contribution in [2.75, 3.05) is 12.4 Å². The average molecular weight is 466 g/mol. The number of benzene rings is 2. The van der Waals surface area contributed by atoms with Gasteiger partial charge in [0.25, 0.3) is 0 Å². The zero-order valence-corrected chi connectivity index (χ0v) is 18.4. The number of nitrogens with one attached hydrogen (secondary N) is 1. The summed E-state index contributed by atoms with van der Waals surface area (Å²) in [6.07, 6.45) is -1.86. The van der Waals surface area contributed by atoms with Crippen molar-refractivity contribution < 1.29 is 32.6 Å². The average Bonchev–Trinajstić information content (AvgIpc) is 3.57. The summed E-state index contributed by atoms with van der Waals surface area (Å²) in [5.41, 5.74) is 2.38. The normalized spacial score (nSPS) is 16.6. The second-order valence-electron chi connectivity index (χ2n) is 8.30. The summed E-state index contributed by atoms with van der Waals surface area (Å²) in [6.45, 7) is 1.89. The topological polar surface area (TPSA) is 86.8 Å². The lowest BCUT2D eigenvalue weighted by atomic mass is 9.94. The number of hydrogen-bond donors (Lipinski definition) is 1. The molecule has 0 radical (unpaired) electrons. The van der Waals surface area contributed by atoms with Gasteiger partial charge in [-0.15, -0.1) is 8.78 Å². The smallest absolute Gasteiger partial charge is 0.496 e. The Labute approximate surface area is 193 Å². The molecule has 1 aliphatic heterocycles. The Morgan fingerprint density at radius 1 is 1.09 bits per heavy atom. The molecule has 1 N–H and O–H groups in total. The second kappa shape index (κ2) is 7.79. The molecular weight excluding hydrogens is 446 g/mol. The molecule has 0 bridgehead atoms. The predicted octanol–water partition coefficient (Wildman–Crippen LogP) is 4.87. The molecule has 1 aliphatic carbocycles. The summed E-state index contributed by atoms with van der Waals surface area (Å²) < 4.78 is 41.0. The van der Waals surface area contributed by atoms with E-state index in [9.17, 15) is 18.4 Å². The monoisotopic (exact) mass is 466 g/mol. The zero-order chi connectivity index (χ0) is 24.1. The van der Waals surface area contributed by atoms with Crippen LogP contribution in [-0.2, 0) is 10.2 Å². The fourth-order valence-electron chi connectivity index (χ4n) is 4.10. The van der Waals surface area contributed by atoms with Crippen LogP contribution in [0.2, 0.25) is 0 Å². The van der Waals surface area contributed by atoms with Crippen LogP contribution in [0.15, 0.2) is 48.5 Å². The van der Waals surface area contributed by atoms with Gasteiger partial charge < -0.3 is 19.5 Å². The fourth-order valence-corrected chi connectivity index (χ4v) is 4.10. The summed E-state index contributed by atoms with van der Waals surface area (Å²) >= 11 is 0. The minimum Gasteiger partial charge on any atom is -0.496 e. The number of ether oxygens (including phenoxy) is 3. The van der Waals surface area contributed by atoms with Gasteiger partial charge >= 0.3 is 6.29 Å². The highest BCUT2D eigenvalue weighted by atomic mass is 19.3. The Morgan fingerprint density at radius 3 is 2.56 bits per heavy atom. The van der Waals surface area contributed by atoms with E-state index in [4.69, 9.17) is 4.74 Å². The Kier molecular flexibility index (Phi) is 5.00. The number of aldehydes is 1. The molecule has 1 fully saturated rings. The maximum Gasteiger partial charge on any atom is 0.586 e. The maximum absolute atomic E-state index is 13.4. The zero-order valence-electron chi connectivity index (χ0n) is 18.4. The number of pyridine rings is 1. The van der Waals surface area contributed by atoms with Gasteiger partial charge in [-0.3, -0.25) is 9.59 Å². The molecule has 174 valence electrons. The number of carbonyl (C=O) groups excluding carboxylic acids is 2. The van der Waals surface area contributed by atoms with Crippen molar-refractivity contribution in [2.24, 2.45) is 0 Å². The summed E-state index contributed by atoms with van der Waals surface area (Å²) in [5, 5.41) is 2.86. The van der Waals surface area contributed by atoms with Gasteiger partial charge in [-0.1, -0.05) is 18.2 Å². The van der Waals surface area contributed by atoms with E-state index < -0.39 is 11.7 Å². The van der Waals surface area contributed by atoms with Crippen LogP contribution >= 0.6 is 0 Å². The Hall–Kier alpha value is -4.01. The Bertz CT molecular complexity index is 1320. The molecule has 2 aromatic carbocycles. The molecule has 1 saturated carbocycles. The van der Waals surface area contributed by atoms with Gasteiger partial charge in [0.1, 0.15) is 11.6 Å². The minimum atomic E-state index is -3.71. The van der Waals surface area contributed by atoms with E-state index in [0.717, 1.165) is 11.1 Å². The van der Waals surface area contributed by atoms with Crippen molar-refractivity contribution in [3.63, 3.8) is 0 Å². The van der Waals surface area contributed by atoms with Gasteiger partial charge in [-0.25, -0.2) is 4.98 Å². The third-order valence-electron chi connectivity index (χ3n) is 6.11. The maximum atomic E-state index is 13.4. The standard InChI is InChI=1S/C25H20F2N2O5/c1-14-3-8-21(28-22(14)15-4-5-16(13-30)19(11-15)32-2)29-23(31)24(9-10-24)17-6-7-18-20(12-17)34-25(26,27)33-18/h3-8,11-13H,9-10H2,1-2H3,(H,28,29,31). The van der Waals surface area contributed by atoms with Gasteiger partial charge in [0.15, 0.2) is 17.8 Å². The molecule has 0 unspecified atom stereocenters. The van der Waals surface area contributed by atoms with Gasteiger partial charge in [0, 0.05) is 5.56 Å². The van der Waals surface area contributed by atoms with Crippen molar-refractivity contribution >= 4 is 18.0 Å². The van der Waals surface area contributed by atoms with E-state index in [1.165, 1.54) is 19.2 Å². The van der Waals surface area contributed by atoms with Crippen LogP contribution in [0.1, 0.15) is 34.3 Å². The fraction of sp³-hybridized carbons (Fsp3) is 0.240. The molecule has 2 heterocycles. The van der Waals surface area contributed by atoms with Crippen LogP contribution in [0, 0.1) is 6.92 Å². The molecule has 0 saturated heterocycles. The number of methoxy groups -OCH3 is 1. The van der Waals surface area contributed by atoms with Crippen molar-refractivity contribution in [3.05, 3.63) is 65.2 Å². The molecule has 0 spiro atoms. The van der Waals surface area contributed by atoms with E-state index >= 15 is 0 Å². The second-order valence-corrected chi connectivity index (χ2v) is 8.30. The number of nitrogens with zero attached hydrogens (tertiary/aromatic N) is 1. The van der Waals surface area contributed by atoms with Crippen molar-refractivity contribution in [1.82, 2.24) is 4.98 Å². The number of rotatable bonds is 6. The number of halogens is 2. The lowest BCUT2D eigenvalue weighted by molar-refractivity contribution is -0.286. The van der Waals surface area contributed by atoms with Crippen LogP contribution in [0.4, 0.5) is 14.6 Å². The molecule has 0 atom stereocenters. The summed E-state index contributed by atoms with van der Waals surface area (Å²) in [4.78, 5) is 29.0. The van der Waals surface area contributed by atoms with Crippen LogP contribution in [0.25, 0.3) is 11.3 Å². The van der Waals surface area contributed by atoms with Gasteiger partial charge in [-0.2, -0.15) is 0 Å². The van der Waals surface area contributed by atoms with Crippen molar-refractivity contribution in [2.45, 2.75) is 31.5 Å². The van der Waals surface area contributed by atoms with Crippen LogP contribution in [0.3, 0.4) is 0 Å². The largest absolute Gasteiger partial charge is 0.586 e. The molecule has 9 heteroatoms. The summed E-state index contributed by atoms with van der Waals surface area (Å²) in [7, 11) is 1.48. The Morgan fingerprint density at radius 2 is 1.85 bits per heavy atom. The van der Waals surface area contributed by atoms with Crippen molar-refractivity contribution in [1.29, 1.82) is 0 Å². The van der Waals surface area contributed by atoms with E-state index in [1.807, 2.05) is 13.0 Å². The number of carbonyl (C=O) groups is 2. The van der Waals surface area contributed by atoms with Crippen LogP contribution < -0.4 is 19.5 Å². The first-order valence-electron chi connectivity index (χ1n) is 10.6. The van der Waals surface area contributed by atoms with Gasteiger partial charge in [-0.05, 0) is 61.2 Å². The van der Waals surface area contributed by atoms with E-state index in [-0.39, 0.29) is 17.4 Å². The first-order valence-corrected chi connectivity index (χ1v) is 10.6. The van der Waals surface area contributed by atoms with Crippen LogP contribution in [0.5, 0.6) is 17.2 Å². The molecule has 1 aromatic heterocycles. The highest BCUT2D eigenvalue weighted by Gasteiger charge is 2.53. The highest BCUT2D eigenvalue weighted by Crippen LogP contribution is 2.52. The molecule has 1 amide bonds. The lowest BCUT2D eigenvalue weighted by Crippen LogP contribution is -2.28. The number of aryl methyl sites for hydroxylation is 1. The molecule has 34 heavy (non-hydrogen) atoms. The number of fused-ring (bicyclic) bond motifs is 1. The number of aromatic nitrogens is 1. The summed E-state index contributed by atoms with van der Waals surface area (Å²) in [6, 6.07) is 13.1. The third-order valence-corrected chi connectivity index (χ3v) is 6.11. The quantitative estimate of drug-likeness (QED) is 0.522. The molecular formula is C25H20F2N2O5. The van der Waals surface area contributed by atoms with Gasteiger partial charge in [0.05, 0.1) is 23.8 Å². The molecule has 7 nitrogen and oxygen atoms in total. The number of hydrogen-bond acceptors (Lipinski definition) is 6. The lowest BCUT2D eigenvalue weighted by Gasteiger charge is -2.17. The molecule has 2 aliphatic rings. The molecule has 5 rings (SSSR count). The number of alkyl halides is 2. The Balaban J connectivity index is 1.41. The summed E-state index contributed by atoms with van der Waals surface area (Å²) in [5.74, 6) is 0.334. The number of anilines is 1. The predicted molar refractivity (Wildman–Crippen MR) is 119 cm³/mol. The first kappa shape index (κ1) is 21.8. The highest BCUT2D eigenvalue weighted by molar-refractivity contribution is 6.01. The van der Waals surface area contributed by atoms with E-state index in [1.54, 1.807) is 30.3 Å².